The third kappa shape index (κ3) is 2.39. The third-order valence-electron chi connectivity index (χ3n) is 1.84. The van der Waals surface area contributed by atoms with Crippen LogP contribution in [0.15, 0.2) is 6.20 Å². The topological polar surface area (TPSA) is 36.7 Å². The van der Waals surface area contributed by atoms with Crippen LogP contribution in [0.5, 0.6) is 0 Å². The highest BCUT2D eigenvalue weighted by molar-refractivity contribution is 6.17. The molecule has 0 saturated carbocycles. The standard InChI is InChI=1S/C9H6ClF3N2/c10-3-7-5(1-2-14)8(11)6(4-15-7)9(12)13/h4,9H,1,3H2. The first-order valence-corrected chi connectivity index (χ1v) is 4.52. The average molecular weight is 235 g/mol. The summed E-state index contributed by atoms with van der Waals surface area (Å²) in [7, 11) is 0. The Balaban J connectivity index is 3.30. The molecule has 0 spiro atoms. The highest BCUT2D eigenvalue weighted by Gasteiger charge is 2.19. The van der Waals surface area contributed by atoms with Gasteiger partial charge in [0.25, 0.3) is 6.43 Å². The molecule has 0 unspecified atom stereocenters. The van der Waals surface area contributed by atoms with Crippen LogP contribution < -0.4 is 0 Å². The molecule has 0 aliphatic heterocycles. The van der Waals surface area contributed by atoms with Crippen LogP contribution in [-0.4, -0.2) is 4.98 Å². The summed E-state index contributed by atoms with van der Waals surface area (Å²) in [4.78, 5) is 3.59. The Labute approximate surface area is 89.3 Å². The molecule has 1 rings (SSSR count). The Morgan fingerprint density at radius 3 is 2.67 bits per heavy atom. The molecule has 6 heteroatoms. The first-order chi connectivity index (χ1) is 7.11. The second-order valence-electron chi connectivity index (χ2n) is 2.72. The van der Waals surface area contributed by atoms with Gasteiger partial charge in [0, 0.05) is 11.8 Å². The van der Waals surface area contributed by atoms with E-state index in [4.69, 9.17) is 16.9 Å². The van der Waals surface area contributed by atoms with E-state index >= 15 is 0 Å². The van der Waals surface area contributed by atoms with Gasteiger partial charge in [-0.05, 0) is 0 Å². The quantitative estimate of drug-likeness (QED) is 0.754. The molecule has 1 aromatic rings. The van der Waals surface area contributed by atoms with E-state index in [2.05, 4.69) is 4.98 Å². The number of nitriles is 1. The van der Waals surface area contributed by atoms with Gasteiger partial charge >= 0.3 is 0 Å². The second-order valence-corrected chi connectivity index (χ2v) is 2.99. The molecule has 0 aromatic carbocycles. The summed E-state index contributed by atoms with van der Waals surface area (Å²) in [5.41, 5.74) is -0.820. The number of alkyl halides is 3. The van der Waals surface area contributed by atoms with Crippen LogP contribution in [0.3, 0.4) is 0 Å². The Kier molecular flexibility index (Phi) is 3.92. The number of nitrogens with zero attached hydrogens (tertiary/aromatic N) is 2. The van der Waals surface area contributed by atoms with Crippen molar-refractivity contribution in [2.75, 3.05) is 0 Å². The van der Waals surface area contributed by atoms with Gasteiger partial charge in [0.1, 0.15) is 5.82 Å². The van der Waals surface area contributed by atoms with Crippen molar-refractivity contribution >= 4 is 11.6 Å². The van der Waals surface area contributed by atoms with E-state index in [1.807, 2.05) is 0 Å². The lowest BCUT2D eigenvalue weighted by molar-refractivity contribution is 0.145. The SMILES string of the molecule is N#CCc1c(CCl)ncc(C(F)F)c1F. The molecule has 0 fully saturated rings. The number of rotatable bonds is 3. The molecule has 0 N–H and O–H groups in total. The smallest absolute Gasteiger partial charge is 0.259 e. The largest absolute Gasteiger partial charge is 0.268 e. The molecule has 15 heavy (non-hydrogen) atoms. The third-order valence-corrected chi connectivity index (χ3v) is 2.10. The van der Waals surface area contributed by atoms with Crippen LogP contribution in [-0.2, 0) is 12.3 Å². The normalized spacial score (nSPS) is 10.4. The first kappa shape index (κ1) is 11.8. The summed E-state index contributed by atoms with van der Waals surface area (Å²) in [6, 6.07) is 1.68. The molecule has 0 amide bonds. The minimum Gasteiger partial charge on any atom is -0.259 e. The van der Waals surface area contributed by atoms with Crippen LogP contribution in [0.1, 0.15) is 23.2 Å². The van der Waals surface area contributed by atoms with Gasteiger partial charge in [0.05, 0.1) is 29.6 Å². The average Bonchev–Trinajstić information content (AvgIpc) is 2.20. The van der Waals surface area contributed by atoms with Crippen molar-refractivity contribution < 1.29 is 13.2 Å². The fourth-order valence-corrected chi connectivity index (χ4v) is 1.34. The zero-order valence-electron chi connectivity index (χ0n) is 7.48. The van der Waals surface area contributed by atoms with E-state index in [1.165, 1.54) is 0 Å². The van der Waals surface area contributed by atoms with E-state index in [0.29, 0.717) is 0 Å². The fourth-order valence-electron chi connectivity index (χ4n) is 1.11. The van der Waals surface area contributed by atoms with Gasteiger partial charge in [-0.2, -0.15) is 5.26 Å². The molecule has 0 aliphatic rings. The lowest BCUT2D eigenvalue weighted by Gasteiger charge is -2.08. The molecule has 0 aliphatic carbocycles. The molecule has 0 saturated heterocycles. The zero-order valence-corrected chi connectivity index (χ0v) is 8.23. The van der Waals surface area contributed by atoms with Crippen molar-refractivity contribution in [3.8, 4) is 6.07 Å². The maximum Gasteiger partial charge on any atom is 0.268 e. The molecule has 0 radical (unpaired) electrons. The lowest BCUT2D eigenvalue weighted by atomic mass is 10.1. The summed E-state index contributed by atoms with van der Waals surface area (Å²) in [6.45, 7) is 0. The van der Waals surface area contributed by atoms with Crippen LogP contribution in [0, 0.1) is 17.1 Å². The predicted molar refractivity (Wildman–Crippen MR) is 48.0 cm³/mol. The maximum absolute atomic E-state index is 13.4. The number of halogens is 4. The van der Waals surface area contributed by atoms with E-state index in [0.717, 1.165) is 6.20 Å². The molecule has 80 valence electrons. The van der Waals surface area contributed by atoms with Crippen molar-refractivity contribution in [3.05, 3.63) is 28.8 Å². The van der Waals surface area contributed by atoms with Gasteiger partial charge < -0.3 is 0 Å². The summed E-state index contributed by atoms with van der Waals surface area (Å²) < 4.78 is 38.0. The van der Waals surface area contributed by atoms with Gasteiger partial charge in [-0.3, -0.25) is 4.98 Å². The molecule has 1 heterocycles. The van der Waals surface area contributed by atoms with Crippen molar-refractivity contribution in [1.82, 2.24) is 4.98 Å². The molecule has 0 atom stereocenters. The van der Waals surface area contributed by atoms with Gasteiger partial charge in [-0.25, -0.2) is 13.2 Å². The summed E-state index contributed by atoms with van der Waals surface area (Å²) in [5.74, 6) is -1.20. The fraction of sp³-hybridized carbons (Fsp3) is 0.333. The molecule has 2 nitrogen and oxygen atoms in total. The van der Waals surface area contributed by atoms with Gasteiger partial charge in [0.2, 0.25) is 0 Å². The van der Waals surface area contributed by atoms with Crippen molar-refractivity contribution in [1.29, 1.82) is 5.26 Å². The number of hydrogen-bond donors (Lipinski definition) is 0. The molecular formula is C9H6ClF3N2. The minimum absolute atomic E-state index is 0.114. The Morgan fingerprint density at radius 2 is 2.20 bits per heavy atom. The maximum atomic E-state index is 13.4. The Bertz CT molecular complexity index is 401. The van der Waals surface area contributed by atoms with Crippen molar-refractivity contribution in [2.24, 2.45) is 0 Å². The lowest BCUT2D eigenvalue weighted by Crippen LogP contribution is -2.04. The Morgan fingerprint density at radius 1 is 1.53 bits per heavy atom. The van der Waals surface area contributed by atoms with E-state index in [1.54, 1.807) is 6.07 Å². The van der Waals surface area contributed by atoms with Gasteiger partial charge in [-0.1, -0.05) is 0 Å². The summed E-state index contributed by atoms with van der Waals surface area (Å²) in [6.07, 6.45) is -2.51. The zero-order chi connectivity index (χ0) is 11.4. The van der Waals surface area contributed by atoms with E-state index in [-0.39, 0.29) is 23.6 Å². The molecular weight excluding hydrogens is 229 g/mol. The number of pyridine rings is 1. The summed E-state index contributed by atoms with van der Waals surface area (Å²) in [5, 5.41) is 8.42. The molecule has 0 bridgehead atoms. The number of aromatic nitrogens is 1. The monoisotopic (exact) mass is 234 g/mol. The van der Waals surface area contributed by atoms with Gasteiger partial charge in [-0.15, -0.1) is 11.6 Å². The van der Waals surface area contributed by atoms with E-state index < -0.39 is 17.8 Å². The predicted octanol–water partition coefficient (Wildman–Crippen LogP) is 2.96. The van der Waals surface area contributed by atoms with Crippen LogP contribution in [0.4, 0.5) is 13.2 Å². The van der Waals surface area contributed by atoms with Crippen molar-refractivity contribution in [2.45, 2.75) is 18.7 Å². The highest BCUT2D eigenvalue weighted by Crippen LogP contribution is 2.25. The highest BCUT2D eigenvalue weighted by atomic mass is 35.5. The van der Waals surface area contributed by atoms with Crippen LogP contribution in [0.2, 0.25) is 0 Å². The van der Waals surface area contributed by atoms with Crippen LogP contribution in [0.25, 0.3) is 0 Å². The van der Waals surface area contributed by atoms with E-state index in [9.17, 15) is 13.2 Å². The first-order valence-electron chi connectivity index (χ1n) is 3.99. The second kappa shape index (κ2) is 4.99. The number of hydrogen-bond acceptors (Lipinski definition) is 2. The molecule has 1 aromatic heterocycles. The van der Waals surface area contributed by atoms with Crippen molar-refractivity contribution in [3.63, 3.8) is 0 Å². The Hall–Kier alpha value is -1.28. The minimum atomic E-state index is -2.95. The van der Waals surface area contributed by atoms with Gasteiger partial charge in [0.15, 0.2) is 0 Å². The van der Waals surface area contributed by atoms with Crippen LogP contribution >= 0.6 is 11.6 Å². The summed E-state index contributed by atoms with van der Waals surface area (Å²) >= 11 is 5.45.